The van der Waals surface area contributed by atoms with Crippen molar-refractivity contribution in [2.45, 2.75) is 0 Å². The van der Waals surface area contributed by atoms with Gasteiger partial charge >= 0.3 is 0 Å². The number of hydrogen-bond acceptors (Lipinski definition) is 5. The van der Waals surface area contributed by atoms with Gasteiger partial charge in [-0.2, -0.15) is 0 Å². The standard InChI is InChI=1S/C13H11BrN4O4/c14-10-5-4-9(22-10)13(21)16-7-11(19)17-18-12(20)8-3-1-2-6-15-8/h1-6H,7H2,(H,16,21)(H,17,19)(H,18,20). The Morgan fingerprint density at radius 2 is 1.91 bits per heavy atom. The van der Waals surface area contributed by atoms with E-state index < -0.39 is 17.7 Å². The molecule has 0 saturated heterocycles. The molecule has 0 aliphatic rings. The minimum atomic E-state index is -0.594. The summed E-state index contributed by atoms with van der Waals surface area (Å²) in [5.41, 5.74) is 4.50. The van der Waals surface area contributed by atoms with Gasteiger partial charge in [0.1, 0.15) is 5.69 Å². The molecule has 0 spiro atoms. The summed E-state index contributed by atoms with van der Waals surface area (Å²) in [4.78, 5) is 38.6. The van der Waals surface area contributed by atoms with E-state index in [4.69, 9.17) is 4.42 Å². The van der Waals surface area contributed by atoms with Gasteiger partial charge in [0.2, 0.25) is 0 Å². The highest BCUT2D eigenvalue weighted by Gasteiger charge is 2.12. The number of carbonyl (C=O) groups is 3. The first-order valence-corrected chi connectivity index (χ1v) is 6.89. The molecule has 0 bridgehead atoms. The monoisotopic (exact) mass is 366 g/mol. The molecule has 114 valence electrons. The Kier molecular flexibility index (Phi) is 5.26. The van der Waals surface area contributed by atoms with Gasteiger partial charge in [-0.3, -0.25) is 30.2 Å². The summed E-state index contributed by atoms with van der Waals surface area (Å²) in [5.74, 6) is -1.63. The van der Waals surface area contributed by atoms with Crippen molar-refractivity contribution >= 4 is 33.7 Å². The third kappa shape index (κ3) is 4.42. The van der Waals surface area contributed by atoms with Crippen molar-refractivity contribution in [3.63, 3.8) is 0 Å². The maximum Gasteiger partial charge on any atom is 0.288 e. The molecule has 0 saturated carbocycles. The number of aromatic nitrogens is 1. The molecule has 0 aliphatic heterocycles. The number of carbonyl (C=O) groups excluding carboxylic acids is 3. The van der Waals surface area contributed by atoms with Gasteiger partial charge in [0.15, 0.2) is 10.4 Å². The molecule has 3 N–H and O–H groups in total. The molecule has 0 aromatic carbocycles. The molecule has 2 aromatic heterocycles. The van der Waals surface area contributed by atoms with Gasteiger partial charge in [-0.15, -0.1) is 0 Å². The van der Waals surface area contributed by atoms with Crippen LogP contribution < -0.4 is 16.2 Å². The van der Waals surface area contributed by atoms with E-state index in [2.05, 4.69) is 37.1 Å². The van der Waals surface area contributed by atoms with E-state index in [9.17, 15) is 14.4 Å². The van der Waals surface area contributed by atoms with Gasteiger partial charge in [-0.05, 0) is 40.2 Å². The maximum absolute atomic E-state index is 11.6. The van der Waals surface area contributed by atoms with Crippen molar-refractivity contribution in [1.82, 2.24) is 21.2 Å². The van der Waals surface area contributed by atoms with Crippen LogP contribution in [0.5, 0.6) is 0 Å². The van der Waals surface area contributed by atoms with Crippen molar-refractivity contribution in [3.8, 4) is 0 Å². The summed E-state index contributed by atoms with van der Waals surface area (Å²) in [6.07, 6.45) is 1.46. The molecule has 2 rings (SSSR count). The Balaban J connectivity index is 1.74. The summed E-state index contributed by atoms with van der Waals surface area (Å²) >= 11 is 3.06. The van der Waals surface area contributed by atoms with Crippen molar-refractivity contribution in [2.75, 3.05) is 6.54 Å². The SMILES string of the molecule is O=C(CNC(=O)c1ccc(Br)o1)NNC(=O)c1ccccn1. The van der Waals surface area contributed by atoms with E-state index >= 15 is 0 Å². The first-order valence-electron chi connectivity index (χ1n) is 6.10. The lowest BCUT2D eigenvalue weighted by atomic mass is 10.3. The molecule has 0 radical (unpaired) electrons. The number of nitrogens with zero attached hydrogens (tertiary/aromatic N) is 1. The van der Waals surface area contributed by atoms with Crippen LogP contribution in [0.1, 0.15) is 21.0 Å². The number of hydrogen-bond donors (Lipinski definition) is 3. The Hall–Kier alpha value is -2.68. The number of furan rings is 1. The lowest BCUT2D eigenvalue weighted by molar-refractivity contribution is -0.120. The zero-order valence-electron chi connectivity index (χ0n) is 11.1. The molecule has 8 nitrogen and oxygen atoms in total. The molecule has 0 fully saturated rings. The minimum absolute atomic E-state index is 0.0668. The highest BCUT2D eigenvalue weighted by molar-refractivity contribution is 9.10. The molecule has 2 aromatic rings. The average Bonchev–Trinajstić information content (AvgIpc) is 2.97. The number of hydrazine groups is 1. The molecule has 0 aliphatic carbocycles. The van der Waals surface area contributed by atoms with Crippen LogP contribution in [0, 0.1) is 0 Å². The summed E-state index contributed by atoms with van der Waals surface area (Å²) in [5, 5.41) is 2.34. The Labute approximate surface area is 133 Å². The highest BCUT2D eigenvalue weighted by Crippen LogP contribution is 2.13. The first-order chi connectivity index (χ1) is 10.6. The third-order valence-corrected chi connectivity index (χ3v) is 2.85. The van der Waals surface area contributed by atoms with Crippen LogP contribution in [0.4, 0.5) is 0 Å². The second kappa shape index (κ2) is 7.36. The fourth-order valence-corrected chi connectivity index (χ4v) is 1.72. The van der Waals surface area contributed by atoms with Crippen LogP contribution in [-0.4, -0.2) is 29.3 Å². The molecule has 0 unspecified atom stereocenters. The van der Waals surface area contributed by atoms with Gasteiger partial charge in [0.25, 0.3) is 17.7 Å². The second-order valence-corrected chi connectivity index (χ2v) is 4.79. The smallest absolute Gasteiger partial charge is 0.288 e. The van der Waals surface area contributed by atoms with Crippen LogP contribution in [-0.2, 0) is 4.79 Å². The van der Waals surface area contributed by atoms with Crippen molar-refractivity contribution in [3.05, 3.63) is 52.7 Å². The topological polar surface area (TPSA) is 113 Å². The zero-order chi connectivity index (χ0) is 15.9. The largest absolute Gasteiger partial charge is 0.444 e. The summed E-state index contributed by atoms with van der Waals surface area (Å²) in [6.45, 7) is -0.320. The van der Waals surface area contributed by atoms with E-state index in [1.54, 1.807) is 18.2 Å². The van der Waals surface area contributed by atoms with Gasteiger partial charge in [0, 0.05) is 6.20 Å². The number of nitrogens with one attached hydrogen (secondary N) is 3. The number of halogens is 1. The minimum Gasteiger partial charge on any atom is -0.444 e. The van der Waals surface area contributed by atoms with Crippen molar-refractivity contribution in [1.29, 1.82) is 0 Å². The van der Waals surface area contributed by atoms with Gasteiger partial charge in [-0.25, -0.2) is 0 Å². The van der Waals surface area contributed by atoms with Crippen molar-refractivity contribution in [2.24, 2.45) is 0 Å². The average molecular weight is 367 g/mol. The Morgan fingerprint density at radius 1 is 1.09 bits per heavy atom. The molecule has 9 heteroatoms. The number of amides is 3. The van der Waals surface area contributed by atoms with Crippen molar-refractivity contribution < 1.29 is 18.8 Å². The normalized spacial score (nSPS) is 9.86. The lowest BCUT2D eigenvalue weighted by Gasteiger charge is -2.07. The fourth-order valence-electron chi connectivity index (χ4n) is 1.42. The van der Waals surface area contributed by atoms with E-state index in [-0.39, 0.29) is 18.0 Å². The summed E-state index contributed by atoms with van der Waals surface area (Å²) in [6, 6.07) is 7.82. The molecule has 22 heavy (non-hydrogen) atoms. The lowest BCUT2D eigenvalue weighted by Crippen LogP contribution is -2.46. The molecule has 0 atom stereocenters. The third-order valence-electron chi connectivity index (χ3n) is 2.42. The predicted octanol–water partition coefficient (Wildman–Crippen LogP) is 0.628. The molecule has 2 heterocycles. The Bertz CT molecular complexity index is 686. The summed E-state index contributed by atoms with van der Waals surface area (Å²) < 4.78 is 5.44. The van der Waals surface area contributed by atoms with Crippen LogP contribution in [0.3, 0.4) is 0 Å². The van der Waals surface area contributed by atoms with E-state index in [1.165, 1.54) is 18.3 Å². The Morgan fingerprint density at radius 3 is 2.55 bits per heavy atom. The molecular weight excluding hydrogens is 356 g/mol. The van der Waals surface area contributed by atoms with Crippen LogP contribution in [0.25, 0.3) is 0 Å². The van der Waals surface area contributed by atoms with E-state index in [1.807, 2.05) is 0 Å². The van der Waals surface area contributed by atoms with Gasteiger partial charge in [0.05, 0.1) is 6.54 Å². The van der Waals surface area contributed by atoms with Crippen LogP contribution in [0.15, 0.2) is 45.6 Å². The van der Waals surface area contributed by atoms with Gasteiger partial charge in [-0.1, -0.05) is 6.07 Å². The van der Waals surface area contributed by atoms with Crippen LogP contribution >= 0.6 is 15.9 Å². The molecular formula is C13H11BrN4O4. The number of pyridine rings is 1. The van der Waals surface area contributed by atoms with Gasteiger partial charge < -0.3 is 9.73 Å². The summed E-state index contributed by atoms with van der Waals surface area (Å²) in [7, 11) is 0. The quantitative estimate of drug-likeness (QED) is 0.686. The predicted molar refractivity (Wildman–Crippen MR) is 78.6 cm³/mol. The number of rotatable bonds is 4. The first kappa shape index (κ1) is 15.7. The second-order valence-electron chi connectivity index (χ2n) is 4.00. The zero-order valence-corrected chi connectivity index (χ0v) is 12.7. The van der Waals surface area contributed by atoms with E-state index in [0.717, 1.165) is 0 Å². The van der Waals surface area contributed by atoms with E-state index in [0.29, 0.717) is 4.67 Å². The fraction of sp³-hybridized carbons (Fsp3) is 0.0769. The van der Waals surface area contributed by atoms with Crippen LogP contribution in [0.2, 0.25) is 0 Å². The highest BCUT2D eigenvalue weighted by atomic mass is 79.9. The maximum atomic E-state index is 11.6. The molecule has 3 amide bonds.